The van der Waals surface area contributed by atoms with Gasteiger partial charge in [-0.25, -0.2) is 4.79 Å². The molecule has 1 aliphatic heterocycles. The second-order valence-corrected chi connectivity index (χ2v) is 7.77. The quantitative estimate of drug-likeness (QED) is 0.634. The minimum absolute atomic E-state index is 0.249. The van der Waals surface area contributed by atoms with Crippen LogP contribution in [-0.2, 0) is 24.9 Å². The molecule has 2 aromatic heterocycles. The molecule has 3 heterocycles. The minimum atomic E-state index is -0.543. The third kappa shape index (κ3) is 3.20. The molecule has 0 bridgehead atoms. The zero-order valence-corrected chi connectivity index (χ0v) is 17.6. The van der Waals surface area contributed by atoms with Gasteiger partial charge in [0.2, 0.25) is 5.95 Å². The van der Waals surface area contributed by atoms with Gasteiger partial charge < -0.3 is 14.2 Å². The first-order chi connectivity index (χ1) is 14.3. The molecule has 0 N–H and O–H groups in total. The van der Waals surface area contributed by atoms with E-state index in [0.717, 1.165) is 22.5 Å². The Balaban J connectivity index is 1.92. The Bertz CT molecular complexity index is 1240. The van der Waals surface area contributed by atoms with Gasteiger partial charge >= 0.3 is 5.69 Å². The number of ether oxygens (including phenoxy) is 1. The number of carbonyl (C=O) groups excluding carboxylic acids is 1. The van der Waals surface area contributed by atoms with E-state index in [4.69, 9.17) is 4.74 Å². The lowest BCUT2D eigenvalue weighted by molar-refractivity contribution is -0.117. The molecular formula is C21H25N5O4. The third-order valence-electron chi connectivity index (χ3n) is 5.28. The van der Waals surface area contributed by atoms with Crippen LogP contribution in [0.3, 0.4) is 0 Å². The van der Waals surface area contributed by atoms with Gasteiger partial charge in [0.1, 0.15) is 11.5 Å². The summed E-state index contributed by atoms with van der Waals surface area (Å²) in [7, 11) is 1.57. The van der Waals surface area contributed by atoms with E-state index >= 15 is 0 Å². The van der Waals surface area contributed by atoms with Crippen LogP contribution in [-0.4, -0.2) is 37.6 Å². The first-order valence-corrected chi connectivity index (χ1v) is 10.0. The lowest BCUT2D eigenvalue weighted by Crippen LogP contribution is -2.41. The number of imidazole rings is 1. The second-order valence-electron chi connectivity index (χ2n) is 7.77. The molecule has 0 aliphatic carbocycles. The summed E-state index contributed by atoms with van der Waals surface area (Å²) < 4.78 is 9.71. The molecule has 0 radical (unpaired) electrons. The summed E-state index contributed by atoms with van der Waals surface area (Å²) in [6.07, 6.45) is 0. The van der Waals surface area contributed by atoms with Crippen molar-refractivity contribution in [1.29, 1.82) is 0 Å². The molecule has 0 spiro atoms. The Morgan fingerprint density at radius 3 is 2.53 bits per heavy atom. The number of anilines is 2. The van der Waals surface area contributed by atoms with Gasteiger partial charge in [0.25, 0.3) is 5.56 Å². The SMILES string of the molecule is CCOc1ccc(N2C[C@@H](C)Cn3c2nc2c3c(=O)n(CC(C)=O)c(=O)n2C)cc1. The highest BCUT2D eigenvalue weighted by Crippen LogP contribution is 2.33. The summed E-state index contributed by atoms with van der Waals surface area (Å²) in [4.78, 5) is 44.1. The van der Waals surface area contributed by atoms with Gasteiger partial charge in [-0.2, -0.15) is 4.98 Å². The minimum Gasteiger partial charge on any atom is -0.494 e. The van der Waals surface area contributed by atoms with E-state index < -0.39 is 11.2 Å². The van der Waals surface area contributed by atoms with E-state index in [1.807, 2.05) is 40.7 Å². The van der Waals surface area contributed by atoms with Crippen molar-refractivity contribution < 1.29 is 9.53 Å². The first kappa shape index (κ1) is 19.9. The standard InChI is InChI=1S/C21H25N5O4/c1-5-30-16-8-6-15(7-9-16)24-10-13(2)11-25-17-18(22-20(24)25)23(4)21(29)26(19(17)28)12-14(3)27/h6-9,13H,5,10-12H2,1-4H3/t13-/m1/s1. The van der Waals surface area contributed by atoms with Crippen LogP contribution in [0.5, 0.6) is 5.75 Å². The monoisotopic (exact) mass is 411 g/mol. The summed E-state index contributed by atoms with van der Waals surface area (Å²) in [6.45, 7) is 7.08. The second kappa shape index (κ2) is 7.47. The highest BCUT2D eigenvalue weighted by molar-refractivity contribution is 5.78. The molecule has 3 aromatic rings. The molecule has 4 rings (SSSR count). The number of aromatic nitrogens is 4. The van der Waals surface area contributed by atoms with Gasteiger partial charge in [-0.3, -0.25) is 18.7 Å². The molecule has 0 saturated heterocycles. The van der Waals surface area contributed by atoms with Crippen LogP contribution in [0.4, 0.5) is 11.6 Å². The fourth-order valence-electron chi connectivity index (χ4n) is 3.97. The first-order valence-electron chi connectivity index (χ1n) is 10.0. The number of hydrogen-bond donors (Lipinski definition) is 0. The third-order valence-corrected chi connectivity index (χ3v) is 5.28. The van der Waals surface area contributed by atoms with Gasteiger partial charge in [0, 0.05) is 25.8 Å². The van der Waals surface area contributed by atoms with Crippen molar-refractivity contribution in [2.75, 3.05) is 18.1 Å². The van der Waals surface area contributed by atoms with Crippen LogP contribution in [0, 0.1) is 5.92 Å². The van der Waals surface area contributed by atoms with Crippen LogP contribution < -0.4 is 20.9 Å². The van der Waals surface area contributed by atoms with E-state index in [9.17, 15) is 14.4 Å². The van der Waals surface area contributed by atoms with Crippen LogP contribution in [0.15, 0.2) is 33.9 Å². The maximum atomic E-state index is 13.1. The Morgan fingerprint density at radius 1 is 1.20 bits per heavy atom. The number of Topliss-reactive ketones (excluding diaryl/α,β-unsaturated/α-hetero) is 1. The van der Waals surface area contributed by atoms with E-state index in [1.165, 1.54) is 11.5 Å². The number of hydrogen-bond acceptors (Lipinski definition) is 6. The molecule has 9 heteroatoms. The Kier molecular flexibility index (Phi) is 4.97. The predicted octanol–water partition coefficient (Wildman–Crippen LogP) is 1.67. The number of rotatable bonds is 5. The van der Waals surface area contributed by atoms with Crippen LogP contribution in [0.1, 0.15) is 20.8 Å². The molecule has 0 unspecified atom stereocenters. The molecule has 1 aromatic carbocycles. The Hall–Kier alpha value is -3.36. The van der Waals surface area contributed by atoms with Crippen molar-refractivity contribution in [1.82, 2.24) is 18.7 Å². The molecule has 0 amide bonds. The highest BCUT2D eigenvalue weighted by Gasteiger charge is 2.30. The van der Waals surface area contributed by atoms with Gasteiger partial charge in [-0.05, 0) is 44.0 Å². The van der Waals surface area contributed by atoms with Gasteiger partial charge in [0.15, 0.2) is 11.2 Å². The van der Waals surface area contributed by atoms with Crippen molar-refractivity contribution in [3.8, 4) is 5.75 Å². The lowest BCUT2D eigenvalue weighted by atomic mass is 10.1. The Morgan fingerprint density at radius 2 is 1.90 bits per heavy atom. The molecule has 1 atom stereocenters. The maximum Gasteiger partial charge on any atom is 0.332 e. The number of benzene rings is 1. The van der Waals surface area contributed by atoms with Crippen molar-refractivity contribution in [3.05, 3.63) is 45.1 Å². The fourth-order valence-corrected chi connectivity index (χ4v) is 3.97. The summed E-state index contributed by atoms with van der Waals surface area (Å²) in [5.41, 5.74) is 0.568. The number of ketones is 1. The molecule has 0 fully saturated rings. The summed E-state index contributed by atoms with van der Waals surface area (Å²) >= 11 is 0. The zero-order valence-electron chi connectivity index (χ0n) is 17.6. The van der Waals surface area contributed by atoms with Gasteiger partial charge in [0.05, 0.1) is 13.2 Å². The van der Waals surface area contributed by atoms with Crippen LogP contribution in [0.2, 0.25) is 0 Å². The van der Waals surface area contributed by atoms with E-state index in [0.29, 0.717) is 30.3 Å². The van der Waals surface area contributed by atoms with Crippen molar-refractivity contribution >= 4 is 28.6 Å². The topological polar surface area (TPSA) is 91.4 Å². The lowest BCUT2D eigenvalue weighted by Gasteiger charge is -2.33. The van der Waals surface area contributed by atoms with Gasteiger partial charge in [-0.1, -0.05) is 6.92 Å². The maximum absolute atomic E-state index is 13.1. The number of fused-ring (bicyclic) bond motifs is 3. The fraction of sp³-hybridized carbons (Fsp3) is 0.429. The van der Waals surface area contributed by atoms with E-state index in [2.05, 4.69) is 11.9 Å². The van der Waals surface area contributed by atoms with Gasteiger partial charge in [-0.15, -0.1) is 0 Å². The average Bonchev–Trinajstić information content (AvgIpc) is 3.09. The molecule has 0 saturated carbocycles. The molecule has 30 heavy (non-hydrogen) atoms. The van der Waals surface area contributed by atoms with Crippen molar-refractivity contribution in [2.24, 2.45) is 13.0 Å². The average molecular weight is 411 g/mol. The van der Waals surface area contributed by atoms with E-state index in [1.54, 1.807) is 7.05 Å². The summed E-state index contributed by atoms with van der Waals surface area (Å²) in [6, 6.07) is 7.72. The van der Waals surface area contributed by atoms with Crippen LogP contribution in [0.25, 0.3) is 11.2 Å². The molecule has 9 nitrogen and oxygen atoms in total. The number of carbonyl (C=O) groups is 1. The van der Waals surface area contributed by atoms with Crippen molar-refractivity contribution in [3.63, 3.8) is 0 Å². The number of aryl methyl sites for hydroxylation is 1. The highest BCUT2D eigenvalue weighted by atomic mass is 16.5. The Labute approximate surface area is 173 Å². The normalized spacial score (nSPS) is 16.0. The van der Waals surface area contributed by atoms with Crippen molar-refractivity contribution in [2.45, 2.75) is 33.9 Å². The molecule has 1 aliphatic rings. The number of nitrogens with zero attached hydrogens (tertiary/aromatic N) is 5. The zero-order chi connectivity index (χ0) is 21.6. The predicted molar refractivity (Wildman–Crippen MR) is 114 cm³/mol. The smallest absolute Gasteiger partial charge is 0.332 e. The molecule has 158 valence electrons. The summed E-state index contributed by atoms with van der Waals surface area (Å²) in [5, 5.41) is 0. The van der Waals surface area contributed by atoms with Crippen LogP contribution >= 0.6 is 0 Å². The van der Waals surface area contributed by atoms with E-state index in [-0.39, 0.29) is 18.2 Å². The summed E-state index contributed by atoms with van der Waals surface area (Å²) in [5.74, 6) is 1.39. The molecular weight excluding hydrogens is 386 g/mol. The largest absolute Gasteiger partial charge is 0.494 e.